The molecule has 0 atom stereocenters. The number of esters is 1. The summed E-state index contributed by atoms with van der Waals surface area (Å²) in [6, 6.07) is 2.83. The second-order valence-electron chi connectivity index (χ2n) is 11.3. The maximum absolute atomic E-state index is 15.5. The molecule has 2 aromatic rings. The van der Waals surface area contributed by atoms with E-state index in [2.05, 4.69) is 5.32 Å². The van der Waals surface area contributed by atoms with E-state index in [4.69, 9.17) is 20.9 Å². The van der Waals surface area contributed by atoms with Crippen molar-refractivity contribution in [2.45, 2.75) is 81.6 Å². The standard InChI is InChI=1S/C27H33FN4O6S/c28-19-8-16(9-20(24(19)26(30)34)31-15-2-4-17(5-3-15)38-23(33)11-29)32-21-10-27(6-1-7-27)14-39(35,36)25(21)18-12-37-13-22(18)32/h8-9,15,17,31H,1-7,10-14,29H2,(H2,30,34)/t15-,17-. The van der Waals surface area contributed by atoms with E-state index in [1.54, 1.807) is 6.07 Å². The molecule has 1 aromatic heterocycles. The van der Waals surface area contributed by atoms with Crippen LogP contribution < -0.4 is 16.8 Å². The molecule has 5 N–H and O–H groups in total. The van der Waals surface area contributed by atoms with Gasteiger partial charge in [-0.3, -0.25) is 9.59 Å². The molecule has 10 nitrogen and oxygen atoms in total. The van der Waals surface area contributed by atoms with E-state index < -0.39 is 27.5 Å². The number of aromatic nitrogens is 1. The van der Waals surface area contributed by atoms with Crippen LogP contribution in [0.1, 0.15) is 72.3 Å². The van der Waals surface area contributed by atoms with Gasteiger partial charge in [0.15, 0.2) is 9.84 Å². The van der Waals surface area contributed by atoms with Crippen LogP contribution >= 0.6 is 0 Å². The molecular formula is C27H33FN4O6S. The molecule has 1 amide bonds. The Hall–Kier alpha value is -2.96. The minimum absolute atomic E-state index is 0.100. The highest BCUT2D eigenvalue weighted by Gasteiger charge is 2.49. The van der Waals surface area contributed by atoms with Crippen molar-refractivity contribution in [2.24, 2.45) is 16.9 Å². The van der Waals surface area contributed by atoms with Gasteiger partial charge in [-0.05, 0) is 62.5 Å². The van der Waals surface area contributed by atoms with Gasteiger partial charge in [-0.15, -0.1) is 0 Å². The van der Waals surface area contributed by atoms with Gasteiger partial charge in [0, 0.05) is 17.3 Å². The van der Waals surface area contributed by atoms with Gasteiger partial charge in [0.05, 0.1) is 53.0 Å². The van der Waals surface area contributed by atoms with Gasteiger partial charge in [0.2, 0.25) is 0 Å². The molecule has 2 aliphatic carbocycles. The fourth-order valence-corrected chi connectivity index (χ4v) is 9.25. The molecule has 3 heterocycles. The molecule has 0 saturated heterocycles. The monoisotopic (exact) mass is 560 g/mol. The number of anilines is 1. The van der Waals surface area contributed by atoms with E-state index in [9.17, 15) is 18.0 Å². The SMILES string of the molecule is NCC(=O)O[C@H]1CC[C@H](Nc2cc(-n3c4c(c5c3CC3(CCC3)CS5(=O)=O)COC4)cc(F)c2C(N)=O)CC1. The molecule has 4 aliphatic rings. The minimum Gasteiger partial charge on any atom is -0.461 e. The van der Waals surface area contributed by atoms with Crippen molar-refractivity contribution >= 4 is 27.4 Å². The Kier molecular flexibility index (Phi) is 6.47. The fraction of sp³-hybridized carbons (Fsp3) is 0.556. The van der Waals surface area contributed by atoms with Gasteiger partial charge in [0.25, 0.3) is 5.91 Å². The second kappa shape index (κ2) is 9.60. The maximum Gasteiger partial charge on any atom is 0.319 e. The van der Waals surface area contributed by atoms with Crippen molar-refractivity contribution in [2.75, 3.05) is 17.6 Å². The van der Waals surface area contributed by atoms with Crippen LogP contribution in [0.2, 0.25) is 0 Å². The van der Waals surface area contributed by atoms with Crippen LogP contribution in [0.25, 0.3) is 5.69 Å². The highest BCUT2D eigenvalue weighted by atomic mass is 32.2. The summed E-state index contributed by atoms with van der Waals surface area (Å²) in [5, 5.41) is 3.30. The van der Waals surface area contributed by atoms with E-state index in [0.717, 1.165) is 19.3 Å². The number of sulfone groups is 1. The predicted octanol–water partition coefficient (Wildman–Crippen LogP) is 2.47. The Labute approximate surface area is 226 Å². The van der Waals surface area contributed by atoms with Crippen molar-refractivity contribution < 1.29 is 31.9 Å². The van der Waals surface area contributed by atoms with Crippen molar-refractivity contribution in [1.29, 1.82) is 0 Å². The number of amides is 1. The number of primary amides is 1. The zero-order valence-corrected chi connectivity index (χ0v) is 22.4. The first-order valence-corrected chi connectivity index (χ1v) is 15.1. The average Bonchev–Trinajstić information content (AvgIpc) is 3.43. The number of nitrogens with one attached hydrogen (secondary N) is 1. The molecule has 2 saturated carbocycles. The largest absolute Gasteiger partial charge is 0.461 e. The number of fused-ring (bicyclic) bond motifs is 3. The van der Waals surface area contributed by atoms with Crippen LogP contribution in [0.5, 0.6) is 0 Å². The Morgan fingerprint density at radius 2 is 1.90 bits per heavy atom. The summed E-state index contributed by atoms with van der Waals surface area (Å²) >= 11 is 0. The molecule has 0 radical (unpaired) electrons. The lowest BCUT2D eigenvalue weighted by Gasteiger charge is -2.44. The Bertz CT molecular complexity index is 1460. The van der Waals surface area contributed by atoms with E-state index >= 15 is 4.39 Å². The lowest BCUT2D eigenvalue weighted by atomic mass is 9.67. The van der Waals surface area contributed by atoms with Crippen LogP contribution in [0.15, 0.2) is 17.0 Å². The predicted molar refractivity (Wildman–Crippen MR) is 140 cm³/mol. The van der Waals surface area contributed by atoms with Crippen LogP contribution in [0.3, 0.4) is 0 Å². The molecular weight excluding hydrogens is 527 g/mol. The summed E-state index contributed by atoms with van der Waals surface area (Å²) in [5.41, 5.74) is 13.1. The first-order valence-electron chi connectivity index (χ1n) is 13.5. The van der Waals surface area contributed by atoms with Crippen molar-refractivity contribution in [3.05, 3.63) is 40.5 Å². The zero-order valence-electron chi connectivity index (χ0n) is 21.6. The summed E-state index contributed by atoms with van der Waals surface area (Å²) in [6.07, 6.45) is 5.55. The van der Waals surface area contributed by atoms with Gasteiger partial charge in [-0.1, -0.05) is 6.42 Å². The summed E-state index contributed by atoms with van der Waals surface area (Å²) in [4.78, 5) is 24.2. The second-order valence-corrected chi connectivity index (χ2v) is 13.3. The number of carbonyl (C=O) groups is 2. The van der Waals surface area contributed by atoms with Gasteiger partial charge in [0.1, 0.15) is 11.9 Å². The Morgan fingerprint density at radius 1 is 1.15 bits per heavy atom. The summed E-state index contributed by atoms with van der Waals surface area (Å²) in [7, 11) is -3.53. The lowest BCUT2D eigenvalue weighted by Crippen LogP contribution is -2.43. The molecule has 2 aliphatic heterocycles. The smallest absolute Gasteiger partial charge is 0.319 e. The van der Waals surface area contributed by atoms with Gasteiger partial charge in [-0.25, -0.2) is 12.8 Å². The molecule has 2 fully saturated rings. The molecule has 1 spiro atoms. The lowest BCUT2D eigenvalue weighted by molar-refractivity contribution is -0.148. The molecule has 6 rings (SSSR count). The van der Waals surface area contributed by atoms with Gasteiger partial charge >= 0.3 is 5.97 Å². The van der Waals surface area contributed by atoms with Crippen LogP contribution in [-0.2, 0) is 43.7 Å². The van der Waals surface area contributed by atoms with E-state index in [0.29, 0.717) is 59.6 Å². The molecule has 210 valence electrons. The number of carbonyl (C=O) groups excluding carboxylic acids is 2. The number of nitrogens with two attached hydrogens (primary N) is 2. The highest BCUT2D eigenvalue weighted by molar-refractivity contribution is 7.91. The van der Waals surface area contributed by atoms with Crippen LogP contribution in [-0.4, -0.2) is 49.3 Å². The highest BCUT2D eigenvalue weighted by Crippen LogP contribution is 2.52. The Balaban J connectivity index is 1.38. The zero-order chi connectivity index (χ0) is 27.5. The van der Waals surface area contributed by atoms with E-state index in [1.807, 2.05) is 4.57 Å². The first kappa shape index (κ1) is 26.3. The summed E-state index contributed by atoms with van der Waals surface area (Å²) in [6.45, 7) is 0.243. The number of hydrogen-bond acceptors (Lipinski definition) is 8. The number of rotatable bonds is 6. The number of hydrogen-bond donors (Lipinski definition) is 3. The third kappa shape index (κ3) is 4.52. The normalized spacial score (nSPS) is 24.5. The maximum atomic E-state index is 15.5. The van der Waals surface area contributed by atoms with Gasteiger partial charge in [-0.2, -0.15) is 0 Å². The fourth-order valence-electron chi connectivity index (χ4n) is 6.84. The van der Waals surface area contributed by atoms with E-state index in [-0.39, 0.29) is 54.3 Å². The molecule has 1 aromatic carbocycles. The van der Waals surface area contributed by atoms with Crippen LogP contribution in [0, 0.1) is 11.2 Å². The van der Waals surface area contributed by atoms with Crippen molar-refractivity contribution in [3.63, 3.8) is 0 Å². The molecule has 12 heteroatoms. The number of benzene rings is 1. The minimum atomic E-state index is -3.53. The number of ether oxygens (including phenoxy) is 2. The Morgan fingerprint density at radius 3 is 2.54 bits per heavy atom. The summed E-state index contributed by atoms with van der Waals surface area (Å²) < 4.78 is 55.3. The van der Waals surface area contributed by atoms with Crippen molar-refractivity contribution in [3.8, 4) is 5.69 Å². The number of halogens is 1. The van der Waals surface area contributed by atoms with Gasteiger partial charge < -0.3 is 30.8 Å². The first-order chi connectivity index (χ1) is 18.6. The average molecular weight is 561 g/mol. The third-order valence-corrected chi connectivity index (χ3v) is 10.8. The molecule has 0 unspecified atom stereocenters. The van der Waals surface area contributed by atoms with Crippen LogP contribution in [0.4, 0.5) is 10.1 Å². The third-order valence-electron chi connectivity index (χ3n) is 8.75. The topological polar surface area (TPSA) is 156 Å². The van der Waals surface area contributed by atoms with E-state index in [1.165, 1.54) is 6.07 Å². The molecule has 0 bridgehead atoms. The quantitative estimate of drug-likeness (QED) is 0.455. The molecule has 39 heavy (non-hydrogen) atoms. The van der Waals surface area contributed by atoms with Crippen molar-refractivity contribution in [1.82, 2.24) is 4.57 Å². The number of nitrogens with zero attached hydrogens (tertiary/aromatic N) is 1. The summed E-state index contributed by atoms with van der Waals surface area (Å²) in [5.74, 6) is -1.99.